The maximum Gasteiger partial charge on any atom is 0.217 e. The Hall–Kier alpha value is -0.650. The van der Waals surface area contributed by atoms with Crippen molar-refractivity contribution in [1.29, 1.82) is 0 Å². The molecule has 0 saturated carbocycles. The van der Waals surface area contributed by atoms with Crippen LogP contribution >= 0.6 is 0 Å². The average Bonchev–Trinajstić information content (AvgIpc) is 2.25. The van der Waals surface area contributed by atoms with Crippen LogP contribution in [0.25, 0.3) is 0 Å². The molecule has 0 radical (unpaired) electrons. The topological polar surface area (TPSA) is 70.6 Å². The molecule has 16 heavy (non-hydrogen) atoms. The van der Waals surface area contributed by atoms with Gasteiger partial charge in [-0.1, -0.05) is 13.8 Å². The van der Waals surface area contributed by atoms with Crippen LogP contribution in [0, 0.1) is 5.92 Å². The Bertz CT molecular complexity index is 245. The summed E-state index contributed by atoms with van der Waals surface area (Å²) < 4.78 is 5.80. The van der Waals surface area contributed by atoms with E-state index in [4.69, 9.17) is 4.74 Å². The van der Waals surface area contributed by atoms with Gasteiger partial charge in [0.1, 0.15) is 6.23 Å². The molecule has 5 atom stereocenters. The predicted molar refractivity (Wildman–Crippen MR) is 60.8 cm³/mol. The van der Waals surface area contributed by atoms with Crippen molar-refractivity contribution in [3.05, 3.63) is 0 Å². The molecule has 1 heterocycles. The number of aliphatic hydroxyl groups excluding tert-OH is 1. The van der Waals surface area contributed by atoms with Crippen LogP contribution in [0.3, 0.4) is 0 Å². The molecule has 0 spiro atoms. The summed E-state index contributed by atoms with van der Waals surface area (Å²) in [5.74, 6) is -0.138. The molecular weight excluding hydrogens is 208 g/mol. The molecule has 5 heteroatoms. The van der Waals surface area contributed by atoms with Crippen LogP contribution in [0.15, 0.2) is 0 Å². The standard InChI is InChI=1S/C11H22N2O3/c1-5-8-6(2)10(15)9(13-7(3)14)11(12-4)16-8/h6,8-12,15H,5H2,1-4H3,(H,13,14)/t6?,8?,9?,10-,11?/m0/s1. The first kappa shape index (κ1) is 13.4. The van der Waals surface area contributed by atoms with Gasteiger partial charge in [-0.05, 0) is 13.5 Å². The van der Waals surface area contributed by atoms with Gasteiger partial charge in [-0.2, -0.15) is 0 Å². The highest BCUT2D eigenvalue weighted by Crippen LogP contribution is 2.26. The minimum atomic E-state index is -0.583. The number of carbonyl (C=O) groups excluding carboxylic acids is 1. The Kier molecular flexibility index (Phi) is 4.70. The molecule has 1 fully saturated rings. The zero-order valence-electron chi connectivity index (χ0n) is 10.4. The number of rotatable bonds is 3. The molecule has 0 aromatic heterocycles. The molecule has 3 N–H and O–H groups in total. The SMILES string of the molecule is CCC1OC(NC)C(NC(C)=O)[C@@H](O)C1C. The van der Waals surface area contributed by atoms with Crippen LogP contribution < -0.4 is 10.6 Å². The molecule has 0 aliphatic carbocycles. The number of hydrogen-bond acceptors (Lipinski definition) is 4. The van der Waals surface area contributed by atoms with Crippen molar-refractivity contribution < 1.29 is 14.6 Å². The number of likely N-dealkylation sites (N-methyl/N-ethyl adjacent to an activating group) is 1. The zero-order valence-corrected chi connectivity index (χ0v) is 10.4. The lowest BCUT2D eigenvalue weighted by atomic mass is 9.87. The van der Waals surface area contributed by atoms with Crippen molar-refractivity contribution in [3.8, 4) is 0 Å². The minimum absolute atomic E-state index is 0.0199. The molecule has 1 amide bonds. The van der Waals surface area contributed by atoms with Gasteiger partial charge in [0.2, 0.25) is 5.91 Å². The summed E-state index contributed by atoms with van der Waals surface area (Å²) in [4.78, 5) is 11.1. The summed E-state index contributed by atoms with van der Waals surface area (Å²) in [5, 5.41) is 15.9. The highest BCUT2D eigenvalue weighted by atomic mass is 16.5. The highest BCUT2D eigenvalue weighted by molar-refractivity contribution is 5.73. The monoisotopic (exact) mass is 230 g/mol. The third kappa shape index (κ3) is 2.72. The van der Waals surface area contributed by atoms with Crippen LogP contribution in [0.2, 0.25) is 0 Å². The highest BCUT2D eigenvalue weighted by Gasteiger charge is 2.41. The molecule has 1 aliphatic rings. The summed E-state index contributed by atoms with van der Waals surface area (Å²) in [6.45, 7) is 5.41. The van der Waals surface area contributed by atoms with Crippen LogP contribution in [0.5, 0.6) is 0 Å². The normalized spacial score (nSPS) is 39.4. The van der Waals surface area contributed by atoms with Gasteiger partial charge in [0, 0.05) is 12.8 Å². The second-order valence-electron chi connectivity index (χ2n) is 4.37. The molecule has 5 nitrogen and oxygen atoms in total. The van der Waals surface area contributed by atoms with Crippen molar-refractivity contribution >= 4 is 5.91 Å². The molecule has 1 aliphatic heterocycles. The molecule has 1 saturated heterocycles. The first-order valence-electron chi connectivity index (χ1n) is 5.79. The molecular formula is C11H22N2O3. The Morgan fingerprint density at radius 2 is 2.12 bits per heavy atom. The number of carbonyl (C=O) groups is 1. The van der Waals surface area contributed by atoms with Crippen molar-refractivity contribution in [3.63, 3.8) is 0 Å². The number of amides is 1. The summed E-state index contributed by atoms with van der Waals surface area (Å²) in [6.07, 6.45) is -0.0408. The Morgan fingerprint density at radius 1 is 1.50 bits per heavy atom. The van der Waals surface area contributed by atoms with Crippen LogP contribution in [-0.4, -0.2) is 42.5 Å². The average molecular weight is 230 g/mol. The third-order valence-electron chi connectivity index (χ3n) is 3.20. The molecule has 0 aromatic carbocycles. The number of nitrogens with one attached hydrogen (secondary N) is 2. The van der Waals surface area contributed by atoms with Gasteiger partial charge < -0.3 is 15.2 Å². The molecule has 0 aromatic rings. The summed E-state index contributed by atoms with van der Waals surface area (Å²) >= 11 is 0. The Morgan fingerprint density at radius 3 is 2.56 bits per heavy atom. The Labute approximate surface area is 96.6 Å². The first-order chi connectivity index (χ1) is 7.51. The van der Waals surface area contributed by atoms with E-state index in [2.05, 4.69) is 10.6 Å². The van der Waals surface area contributed by atoms with Gasteiger partial charge in [-0.15, -0.1) is 0 Å². The van der Waals surface area contributed by atoms with Crippen LogP contribution in [0.4, 0.5) is 0 Å². The Balaban J connectivity index is 2.77. The number of hydrogen-bond donors (Lipinski definition) is 3. The van der Waals surface area contributed by atoms with Crippen molar-refractivity contribution in [2.24, 2.45) is 5.92 Å². The predicted octanol–water partition coefficient (Wildman–Crippen LogP) is -0.158. The molecule has 1 rings (SSSR count). The second-order valence-corrected chi connectivity index (χ2v) is 4.37. The van der Waals surface area contributed by atoms with E-state index in [0.717, 1.165) is 6.42 Å². The van der Waals surface area contributed by atoms with Crippen molar-refractivity contribution in [1.82, 2.24) is 10.6 Å². The molecule has 4 unspecified atom stereocenters. The van der Waals surface area contributed by atoms with E-state index < -0.39 is 6.10 Å². The van der Waals surface area contributed by atoms with E-state index in [1.54, 1.807) is 7.05 Å². The fourth-order valence-corrected chi connectivity index (χ4v) is 2.23. The summed E-state index contributed by atoms with van der Waals surface area (Å²) in [5.41, 5.74) is 0. The fourth-order valence-electron chi connectivity index (χ4n) is 2.23. The molecule has 94 valence electrons. The largest absolute Gasteiger partial charge is 0.390 e. The zero-order chi connectivity index (χ0) is 12.3. The summed E-state index contributed by atoms with van der Waals surface area (Å²) in [7, 11) is 1.76. The number of ether oxygens (including phenoxy) is 1. The van der Waals surface area contributed by atoms with Gasteiger partial charge >= 0.3 is 0 Å². The van der Waals surface area contributed by atoms with E-state index in [1.165, 1.54) is 6.92 Å². The smallest absolute Gasteiger partial charge is 0.217 e. The lowest BCUT2D eigenvalue weighted by molar-refractivity contribution is -0.163. The maximum absolute atomic E-state index is 11.1. The van der Waals surface area contributed by atoms with Crippen LogP contribution in [-0.2, 0) is 9.53 Å². The second kappa shape index (κ2) is 5.61. The van der Waals surface area contributed by atoms with Crippen molar-refractivity contribution in [2.75, 3.05) is 7.05 Å². The molecule has 0 bridgehead atoms. The van der Waals surface area contributed by atoms with E-state index >= 15 is 0 Å². The van der Waals surface area contributed by atoms with Gasteiger partial charge in [-0.25, -0.2) is 0 Å². The quantitative estimate of drug-likeness (QED) is 0.630. The minimum Gasteiger partial charge on any atom is -0.390 e. The lowest BCUT2D eigenvalue weighted by Gasteiger charge is -2.43. The van der Waals surface area contributed by atoms with E-state index in [0.29, 0.717) is 0 Å². The third-order valence-corrected chi connectivity index (χ3v) is 3.20. The fraction of sp³-hybridized carbons (Fsp3) is 0.909. The maximum atomic E-state index is 11.1. The van der Waals surface area contributed by atoms with Gasteiger partial charge in [0.15, 0.2) is 0 Å². The summed E-state index contributed by atoms with van der Waals surface area (Å²) in [6, 6.07) is -0.389. The first-order valence-corrected chi connectivity index (χ1v) is 5.79. The van der Waals surface area contributed by atoms with E-state index in [-0.39, 0.29) is 30.2 Å². The van der Waals surface area contributed by atoms with Gasteiger partial charge in [0.25, 0.3) is 0 Å². The van der Waals surface area contributed by atoms with Crippen LogP contribution in [0.1, 0.15) is 27.2 Å². The van der Waals surface area contributed by atoms with Gasteiger partial charge in [0.05, 0.1) is 18.2 Å². The van der Waals surface area contributed by atoms with Crippen molar-refractivity contribution in [2.45, 2.75) is 51.7 Å². The van der Waals surface area contributed by atoms with E-state index in [9.17, 15) is 9.90 Å². The van der Waals surface area contributed by atoms with E-state index in [1.807, 2.05) is 13.8 Å². The lowest BCUT2D eigenvalue weighted by Crippen LogP contribution is -2.63. The van der Waals surface area contributed by atoms with Gasteiger partial charge in [-0.3, -0.25) is 10.1 Å². The number of aliphatic hydroxyl groups is 1.